The molecule has 0 saturated carbocycles. The van der Waals surface area contributed by atoms with Crippen molar-refractivity contribution in [2.45, 2.75) is 32.4 Å². The van der Waals surface area contributed by atoms with Gasteiger partial charge in [0.15, 0.2) is 0 Å². The van der Waals surface area contributed by atoms with Crippen LogP contribution in [0.25, 0.3) is 0 Å². The molecule has 5 heteroatoms. The number of carbonyl (C=O) groups excluding carboxylic acids is 2. The molecule has 0 saturated heterocycles. The van der Waals surface area contributed by atoms with Gasteiger partial charge in [-0.15, -0.1) is 0 Å². The number of rotatable bonds is 6. The highest BCUT2D eigenvalue weighted by atomic mass is 79.9. The molecule has 0 heterocycles. The zero-order valence-corrected chi connectivity index (χ0v) is 12.7. The Morgan fingerprint density at radius 1 is 1.26 bits per heavy atom. The van der Waals surface area contributed by atoms with Crippen molar-refractivity contribution in [1.82, 2.24) is 5.32 Å². The summed E-state index contributed by atoms with van der Waals surface area (Å²) >= 11 is 3.10. The normalized spacial score (nSPS) is 10.9. The van der Waals surface area contributed by atoms with Crippen LogP contribution in [-0.2, 0) is 16.1 Å². The topological polar surface area (TPSA) is 55.4 Å². The number of Topliss-reactive ketones (excluding diaryl/α,β-unsaturated/α-hetero) is 1. The van der Waals surface area contributed by atoms with Crippen LogP contribution in [0, 0.1) is 0 Å². The van der Waals surface area contributed by atoms with E-state index in [0.717, 1.165) is 5.56 Å². The highest BCUT2D eigenvalue weighted by Crippen LogP contribution is 2.11. The van der Waals surface area contributed by atoms with Gasteiger partial charge in [0, 0.05) is 12.0 Å². The van der Waals surface area contributed by atoms with Crippen LogP contribution in [-0.4, -0.2) is 22.7 Å². The average molecular weight is 328 g/mol. The molecule has 0 bridgehead atoms. The largest absolute Gasteiger partial charge is 0.445 e. The first-order valence-corrected chi connectivity index (χ1v) is 7.11. The van der Waals surface area contributed by atoms with E-state index in [1.807, 2.05) is 30.3 Å². The van der Waals surface area contributed by atoms with E-state index in [-0.39, 0.29) is 24.1 Å². The van der Waals surface area contributed by atoms with Gasteiger partial charge in [-0.1, -0.05) is 46.3 Å². The summed E-state index contributed by atoms with van der Waals surface area (Å²) in [6.45, 7) is 3.80. The molecule has 0 spiro atoms. The fourth-order valence-corrected chi connectivity index (χ4v) is 1.82. The molecule has 1 rings (SSSR count). The number of ketones is 1. The van der Waals surface area contributed by atoms with Crippen LogP contribution >= 0.6 is 15.9 Å². The number of alkyl carbamates (subject to hydrolysis) is 1. The van der Waals surface area contributed by atoms with Crippen molar-refractivity contribution in [3.05, 3.63) is 35.9 Å². The van der Waals surface area contributed by atoms with E-state index in [0.29, 0.717) is 0 Å². The molecule has 0 unspecified atom stereocenters. The van der Waals surface area contributed by atoms with Gasteiger partial charge in [0.25, 0.3) is 0 Å². The average Bonchev–Trinajstić information content (AvgIpc) is 2.36. The second-order valence-corrected chi connectivity index (χ2v) is 5.48. The molecule has 0 atom stereocenters. The van der Waals surface area contributed by atoms with Crippen molar-refractivity contribution in [3.8, 4) is 0 Å². The fourth-order valence-electron chi connectivity index (χ4n) is 1.62. The maximum absolute atomic E-state index is 11.6. The van der Waals surface area contributed by atoms with Crippen LogP contribution in [0.2, 0.25) is 0 Å². The van der Waals surface area contributed by atoms with E-state index in [2.05, 4.69) is 21.2 Å². The van der Waals surface area contributed by atoms with E-state index in [4.69, 9.17) is 4.74 Å². The minimum atomic E-state index is -0.612. The summed E-state index contributed by atoms with van der Waals surface area (Å²) in [6, 6.07) is 9.43. The monoisotopic (exact) mass is 327 g/mol. The maximum atomic E-state index is 11.6. The molecule has 1 amide bonds. The first-order valence-electron chi connectivity index (χ1n) is 5.99. The molecule has 0 aromatic heterocycles. The summed E-state index contributed by atoms with van der Waals surface area (Å²) in [5, 5.41) is 2.98. The number of hydrogen-bond acceptors (Lipinski definition) is 3. The Morgan fingerprint density at radius 3 is 2.47 bits per heavy atom. The third kappa shape index (κ3) is 6.38. The minimum absolute atomic E-state index is 0.0355. The summed E-state index contributed by atoms with van der Waals surface area (Å²) in [4.78, 5) is 23.0. The van der Waals surface area contributed by atoms with Crippen molar-refractivity contribution in [3.63, 3.8) is 0 Å². The summed E-state index contributed by atoms with van der Waals surface area (Å²) in [6.07, 6.45) is -0.255. The van der Waals surface area contributed by atoms with E-state index in [1.165, 1.54) is 0 Å². The van der Waals surface area contributed by atoms with Crippen LogP contribution in [0.1, 0.15) is 25.8 Å². The Balaban J connectivity index is 2.40. The Kier molecular flexibility index (Phi) is 6.02. The lowest BCUT2D eigenvalue weighted by molar-refractivity contribution is -0.117. The maximum Gasteiger partial charge on any atom is 0.407 e. The molecule has 19 heavy (non-hydrogen) atoms. The smallest absolute Gasteiger partial charge is 0.407 e. The molecule has 1 N–H and O–H groups in total. The van der Waals surface area contributed by atoms with Crippen molar-refractivity contribution >= 4 is 27.8 Å². The quantitative estimate of drug-likeness (QED) is 0.817. The van der Waals surface area contributed by atoms with E-state index in [9.17, 15) is 9.59 Å². The molecule has 0 fully saturated rings. The van der Waals surface area contributed by atoms with Crippen LogP contribution in [0.4, 0.5) is 4.79 Å². The number of amides is 1. The van der Waals surface area contributed by atoms with Gasteiger partial charge < -0.3 is 10.1 Å². The number of hydrogen-bond donors (Lipinski definition) is 1. The summed E-state index contributed by atoms with van der Waals surface area (Å²) in [5.74, 6) is 0.0355. The third-order valence-corrected chi connectivity index (χ3v) is 3.07. The van der Waals surface area contributed by atoms with E-state index < -0.39 is 11.6 Å². The van der Waals surface area contributed by atoms with Crippen LogP contribution in [0.5, 0.6) is 0 Å². The standard InChI is InChI=1S/C14H18BrNO3/c1-14(2,8-12(17)9-15)16-13(18)19-10-11-6-4-3-5-7-11/h3-7H,8-10H2,1-2H3,(H,16,18). The number of nitrogens with one attached hydrogen (secondary N) is 1. The Morgan fingerprint density at radius 2 is 1.89 bits per heavy atom. The van der Waals surface area contributed by atoms with Gasteiger partial charge >= 0.3 is 6.09 Å². The van der Waals surface area contributed by atoms with Crippen molar-refractivity contribution in [1.29, 1.82) is 0 Å². The minimum Gasteiger partial charge on any atom is -0.445 e. The van der Waals surface area contributed by atoms with Crippen molar-refractivity contribution in [2.75, 3.05) is 5.33 Å². The zero-order chi connectivity index (χ0) is 14.3. The second kappa shape index (κ2) is 7.28. The highest BCUT2D eigenvalue weighted by molar-refractivity contribution is 9.09. The fraction of sp³-hybridized carbons (Fsp3) is 0.429. The molecule has 0 aliphatic carbocycles. The van der Waals surface area contributed by atoms with Gasteiger partial charge in [0.2, 0.25) is 0 Å². The molecule has 1 aromatic carbocycles. The number of alkyl halides is 1. The Hall–Kier alpha value is -1.36. The Labute approximate surface area is 121 Å². The number of halogens is 1. The Bertz CT molecular complexity index is 432. The predicted molar refractivity (Wildman–Crippen MR) is 77.3 cm³/mol. The van der Waals surface area contributed by atoms with Gasteiger partial charge in [-0.05, 0) is 19.4 Å². The number of ether oxygens (including phenoxy) is 1. The number of benzene rings is 1. The van der Waals surface area contributed by atoms with Gasteiger partial charge in [-0.3, -0.25) is 4.79 Å². The molecule has 0 aliphatic heterocycles. The lowest BCUT2D eigenvalue weighted by Gasteiger charge is -2.24. The van der Waals surface area contributed by atoms with Crippen LogP contribution < -0.4 is 5.32 Å². The predicted octanol–water partition coefficient (Wildman–Crippen LogP) is 3.05. The molecule has 0 aliphatic rings. The second-order valence-electron chi connectivity index (χ2n) is 4.92. The molecule has 104 valence electrons. The van der Waals surface area contributed by atoms with Crippen LogP contribution in [0.3, 0.4) is 0 Å². The molecular formula is C14H18BrNO3. The molecule has 1 aromatic rings. The number of carbonyl (C=O) groups is 2. The molecular weight excluding hydrogens is 310 g/mol. The van der Waals surface area contributed by atoms with Gasteiger partial charge in [-0.25, -0.2) is 4.79 Å². The third-order valence-electron chi connectivity index (χ3n) is 2.44. The summed E-state index contributed by atoms with van der Waals surface area (Å²) in [5.41, 5.74) is 0.311. The first-order chi connectivity index (χ1) is 8.93. The first kappa shape index (κ1) is 15.7. The molecule has 0 radical (unpaired) electrons. The van der Waals surface area contributed by atoms with E-state index in [1.54, 1.807) is 13.8 Å². The summed E-state index contributed by atoms with van der Waals surface area (Å²) in [7, 11) is 0. The lowest BCUT2D eigenvalue weighted by atomic mass is 9.99. The SMILES string of the molecule is CC(C)(CC(=O)CBr)NC(=O)OCc1ccccc1. The lowest BCUT2D eigenvalue weighted by Crippen LogP contribution is -2.45. The zero-order valence-electron chi connectivity index (χ0n) is 11.1. The van der Waals surface area contributed by atoms with Gasteiger partial charge in [0.1, 0.15) is 12.4 Å². The van der Waals surface area contributed by atoms with Crippen LogP contribution in [0.15, 0.2) is 30.3 Å². The van der Waals surface area contributed by atoms with Gasteiger partial charge in [-0.2, -0.15) is 0 Å². The van der Waals surface area contributed by atoms with Crippen molar-refractivity contribution in [2.24, 2.45) is 0 Å². The highest BCUT2D eigenvalue weighted by Gasteiger charge is 2.24. The van der Waals surface area contributed by atoms with Crippen molar-refractivity contribution < 1.29 is 14.3 Å². The summed E-state index contributed by atoms with van der Waals surface area (Å²) < 4.78 is 5.11. The van der Waals surface area contributed by atoms with E-state index >= 15 is 0 Å². The van der Waals surface area contributed by atoms with Gasteiger partial charge in [0.05, 0.1) is 5.33 Å². The molecule has 4 nitrogen and oxygen atoms in total.